The smallest absolute Gasteiger partial charge is 0.418 e. The van der Waals surface area contributed by atoms with E-state index in [0.717, 1.165) is 23.8 Å². The number of sulfonamides is 1. The maximum absolute atomic E-state index is 13.2. The number of hydrogen-bond acceptors (Lipinski definition) is 4. The van der Waals surface area contributed by atoms with Crippen molar-refractivity contribution in [2.24, 2.45) is 0 Å². The first-order chi connectivity index (χ1) is 15.6. The van der Waals surface area contributed by atoms with Gasteiger partial charge in [0, 0.05) is 12.1 Å². The van der Waals surface area contributed by atoms with Crippen LogP contribution in [-0.2, 0) is 22.6 Å². The highest BCUT2D eigenvalue weighted by molar-refractivity contribution is 7.89. The lowest BCUT2D eigenvalue weighted by atomic mass is 10.1. The lowest BCUT2D eigenvalue weighted by Crippen LogP contribution is -2.27. The van der Waals surface area contributed by atoms with Gasteiger partial charge in [0.2, 0.25) is 10.0 Å². The van der Waals surface area contributed by atoms with Crippen molar-refractivity contribution in [3.8, 4) is 5.75 Å². The monoisotopic (exact) mass is 478 g/mol. The largest absolute Gasteiger partial charge is 0.495 e. The summed E-state index contributed by atoms with van der Waals surface area (Å²) in [5.74, 6) is -0.899. The number of para-hydroxylation sites is 1. The molecule has 0 fully saturated rings. The second-order valence-corrected chi connectivity index (χ2v) is 8.73. The van der Waals surface area contributed by atoms with Crippen LogP contribution < -0.4 is 14.8 Å². The Balaban J connectivity index is 1.82. The van der Waals surface area contributed by atoms with Crippen LogP contribution in [0.15, 0.2) is 77.7 Å². The fraction of sp³-hybridized carbons (Fsp3) is 0.174. The molecule has 0 saturated carbocycles. The summed E-state index contributed by atoms with van der Waals surface area (Å²) in [6.45, 7) is 0.102. The Morgan fingerprint density at radius 2 is 1.64 bits per heavy atom. The summed E-state index contributed by atoms with van der Waals surface area (Å²) in [6, 6.07) is 17.4. The van der Waals surface area contributed by atoms with Crippen molar-refractivity contribution in [1.29, 1.82) is 0 Å². The predicted octanol–water partition coefficient (Wildman–Crippen LogP) is 4.49. The number of hydrogen-bond donors (Lipinski definition) is 2. The molecule has 0 aliphatic carbocycles. The molecule has 3 aromatic carbocycles. The van der Waals surface area contributed by atoms with E-state index in [0.29, 0.717) is 6.42 Å². The van der Waals surface area contributed by atoms with Gasteiger partial charge in [-0.2, -0.15) is 13.2 Å². The zero-order valence-corrected chi connectivity index (χ0v) is 18.3. The number of alkyl halides is 3. The maximum atomic E-state index is 13.2. The maximum Gasteiger partial charge on any atom is 0.418 e. The highest BCUT2D eigenvalue weighted by atomic mass is 32.2. The molecule has 33 heavy (non-hydrogen) atoms. The number of ether oxygens (including phenoxy) is 1. The number of carbonyl (C=O) groups is 1. The van der Waals surface area contributed by atoms with Gasteiger partial charge in [-0.3, -0.25) is 4.79 Å². The van der Waals surface area contributed by atoms with E-state index in [1.807, 2.05) is 30.3 Å². The number of methoxy groups -OCH3 is 1. The van der Waals surface area contributed by atoms with Crippen LogP contribution in [-0.4, -0.2) is 28.0 Å². The van der Waals surface area contributed by atoms with Crippen molar-refractivity contribution in [1.82, 2.24) is 4.72 Å². The van der Waals surface area contributed by atoms with Crippen molar-refractivity contribution >= 4 is 21.6 Å². The summed E-state index contributed by atoms with van der Waals surface area (Å²) in [4.78, 5) is 12.3. The fourth-order valence-electron chi connectivity index (χ4n) is 3.11. The Bertz CT molecular complexity index is 1230. The Morgan fingerprint density at radius 1 is 0.970 bits per heavy atom. The van der Waals surface area contributed by atoms with Crippen molar-refractivity contribution in [2.75, 3.05) is 19.0 Å². The van der Waals surface area contributed by atoms with Gasteiger partial charge < -0.3 is 10.1 Å². The minimum Gasteiger partial charge on any atom is -0.495 e. The normalized spacial score (nSPS) is 11.8. The van der Waals surface area contributed by atoms with Gasteiger partial charge in [0.15, 0.2) is 0 Å². The second kappa shape index (κ2) is 10.1. The third-order valence-corrected chi connectivity index (χ3v) is 6.23. The van der Waals surface area contributed by atoms with E-state index in [4.69, 9.17) is 4.74 Å². The Labute approximate surface area is 189 Å². The molecule has 6 nitrogen and oxygen atoms in total. The molecule has 0 saturated heterocycles. The van der Waals surface area contributed by atoms with Crippen molar-refractivity contribution in [3.63, 3.8) is 0 Å². The van der Waals surface area contributed by atoms with Gasteiger partial charge in [-0.1, -0.05) is 42.5 Å². The molecular weight excluding hydrogens is 457 g/mol. The molecule has 0 heterocycles. The van der Waals surface area contributed by atoms with E-state index in [1.54, 1.807) is 0 Å². The summed E-state index contributed by atoms with van der Waals surface area (Å²) >= 11 is 0. The molecule has 1 amide bonds. The van der Waals surface area contributed by atoms with Crippen LogP contribution in [0.5, 0.6) is 5.75 Å². The van der Waals surface area contributed by atoms with E-state index in [2.05, 4.69) is 10.0 Å². The number of nitrogens with one attached hydrogen (secondary N) is 2. The third-order valence-electron chi connectivity index (χ3n) is 4.74. The number of carbonyl (C=O) groups excluding carboxylic acids is 1. The number of amides is 1. The Hall–Kier alpha value is -3.37. The van der Waals surface area contributed by atoms with Crippen LogP contribution in [0.4, 0.5) is 18.9 Å². The molecule has 0 spiro atoms. The van der Waals surface area contributed by atoms with Gasteiger partial charge in [-0.05, 0) is 42.3 Å². The summed E-state index contributed by atoms with van der Waals surface area (Å²) in [6.07, 6.45) is -4.22. The highest BCUT2D eigenvalue weighted by Crippen LogP contribution is 2.35. The summed E-state index contributed by atoms with van der Waals surface area (Å²) in [5, 5.41) is 2.20. The SMILES string of the molecule is COc1ccc(C(=O)Nc2ccccc2C(F)(F)F)cc1S(=O)(=O)NCCc1ccccc1. The minimum absolute atomic E-state index is 0.00514. The second-order valence-electron chi connectivity index (χ2n) is 7.00. The first-order valence-corrected chi connectivity index (χ1v) is 11.3. The molecule has 174 valence electrons. The zero-order valence-electron chi connectivity index (χ0n) is 17.5. The van der Waals surface area contributed by atoms with Crippen LogP contribution in [0.3, 0.4) is 0 Å². The van der Waals surface area contributed by atoms with Gasteiger partial charge in [-0.25, -0.2) is 13.1 Å². The van der Waals surface area contributed by atoms with Crippen LogP contribution in [0.1, 0.15) is 21.5 Å². The summed E-state index contributed by atoms with van der Waals surface area (Å²) < 4.78 is 72.9. The first kappa shape index (κ1) is 24.3. The van der Waals surface area contributed by atoms with Crippen molar-refractivity contribution in [3.05, 3.63) is 89.5 Å². The van der Waals surface area contributed by atoms with Gasteiger partial charge in [0.1, 0.15) is 10.6 Å². The molecule has 0 aliphatic rings. The molecule has 10 heteroatoms. The number of halogens is 3. The molecule has 0 atom stereocenters. The molecule has 3 aromatic rings. The topological polar surface area (TPSA) is 84.5 Å². The molecule has 0 aromatic heterocycles. The molecule has 0 bridgehead atoms. The quantitative estimate of drug-likeness (QED) is 0.500. The van der Waals surface area contributed by atoms with Gasteiger partial charge >= 0.3 is 6.18 Å². The van der Waals surface area contributed by atoms with E-state index in [1.165, 1.54) is 31.4 Å². The fourth-order valence-corrected chi connectivity index (χ4v) is 4.34. The average Bonchev–Trinajstić information content (AvgIpc) is 2.79. The van der Waals surface area contributed by atoms with Crippen LogP contribution >= 0.6 is 0 Å². The van der Waals surface area contributed by atoms with Gasteiger partial charge in [-0.15, -0.1) is 0 Å². The van der Waals surface area contributed by atoms with Crippen LogP contribution in [0.2, 0.25) is 0 Å². The predicted molar refractivity (Wildman–Crippen MR) is 118 cm³/mol. The molecule has 3 rings (SSSR count). The third kappa shape index (κ3) is 6.11. The Kier molecular flexibility index (Phi) is 7.39. The molecule has 0 radical (unpaired) electrons. The highest BCUT2D eigenvalue weighted by Gasteiger charge is 2.33. The van der Waals surface area contributed by atoms with E-state index >= 15 is 0 Å². The first-order valence-electron chi connectivity index (χ1n) is 9.81. The summed E-state index contributed by atoms with van der Waals surface area (Å²) in [5.41, 5.74) is -0.654. The number of benzene rings is 3. The van der Waals surface area contributed by atoms with Crippen molar-refractivity contribution < 1.29 is 31.1 Å². The van der Waals surface area contributed by atoms with E-state index in [9.17, 15) is 26.4 Å². The van der Waals surface area contributed by atoms with Gasteiger partial charge in [0.05, 0.1) is 18.4 Å². The molecule has 2 N–H and O–H groups in total. The van der Waals surface area contributed by atoms with Crippen LogP contribution in [0.25, 0.3) is 0 Å². The number of anilines is 1. The van der Waals surface area contributed by atoms with Crippen LogP contribution in [0, 0.1) is 0 Å². The lowest BCUT2D eigenvalue weighted by Gasteiger charge is -2.15. The van der Waals surface area contributed by atoms with E-state index in [-0.39, 0.29) is 22.8 Å². The average molecular weight is 478 g/mol. The molecule has 0 unspecified atom stereocenters. The summed E-state index contributed by atoms with van der Waals surface area (Å²) in [7, 11) is -2.79. The van der Waals surface area contributed by atoms with Gasteiger partial charge in [0.25, 0.3) is 5.91 Å². The lowest BCUT2D eigenvalue weighted by molar-refractivity contribution is -0.136. The molecule has 0 aliphatic heterocycles. The minimum atomic E-state index is -4.67. The number of rotatable bonds is 8. The zero-order chi connectivity index (χ0) is 24.1. The van der Waals surface area contributed by atoms with E-state index < -0.39 is 33.4 Å². The van der Waals surface area contributed by atoms with Crippen molar-refractivity contribution in [2.45, 2.75) is 17.5 Å². The Morgan fingerprint density at radius 3 is 2.30 bits per heavy atom. The standard InChI is InChI=1S/C23H21F3N2O4S/c1-32-20-12-11-17(22(29)28-19-10-6-5-9-18(19)23(24,25)26)15-21(20)33(30,31)27-14-13-16-7-3-2-4-8-16/h2-12,15,27H,13-14H2,1H3,(H,28,29). The molecular formula is C23H21F3N2O4S.